The molecule has 4 nitrogen and oxygen atoms in total. The smallest absolute Gasteiger partial charge is 0.453 e. The molecular formula is C19H20N2O2. The normalized spacial score (nSPS) is 19.7. The average molecular weight is 308 g/mol. The fourth-order valence-corrected chi connectivity index (χ4v) is 2.61. The number of hydrogen-bond acceptors (Lipinski definition) is 2. The molecule has 0 saturated heterocycles. The topological polar surface area (TPSA) is 35.0 Å². The van der Waals surface area contributed by atoms with Gasteiger partial charge in [-0.15, -0.1) is 5.73 Å². The van der Waals surface area contributed by atoms with Gasteiger partial charge in [0.2, 0.25) is 0 Å². The molecule has 0 spiro atoms. The van der Waals surface area contributed by atoms with E-state index in [0.717, 1.165) is 18.4 Å². The summed E-state index contributed by atoms with van der Waals surface area (Å²) in [7, 11) is 0. The van der Waals surface area contributed by atoms with Crippen molar-refractivity contribution in [2.75, 3.05) is 6.61 Å². The van der Waals surface area contributed by atoms with Crippen molar-refractivity contribution in [1.29, 1.82) is 0 Å². The number of hydrogen-bond donors (Lipinski definition) is 0. The second-order valence-corrected chi connectivity index (χ2v) is 5.56. The van der Waals surface area contributed by atoms with Crippen LogP contribution in [0.2, 0.25) is 0 Å². The van der Waals surface area contributed by atoms with Crippen LogP contribution in [0.25, 0.3) is 9.69 Å². The number of ether oxygens (including phenoxy) is 1. The van der Waals surface area contributed by atoms with E-state index >= 15 is 0 Å². The lowest BCUT2D eigenvalue weighted by molar-refractivity contribution is -0.139. The third-order valence-corrected chi connectivity index (χ3v) is 3.75. The van der Waals surface area contributed by atoms with Crippen LogP contribution < -0.4 is 0 Å². The van der Waals surface area contributed by atoms with Crippen molar-refractivity contribution < 1.29 is 9.53 Å². The van der Waals surface area contributed by atoms with Crippen LogP contribution in [-0.2, 0) is 9.53 Å². The number of nitrogens with zero attached hydrogens (tertiary/aromatic N) is 2. The zero-order valence-electron chi connectivity index (χ0n) is 13.6. The van der Waals surface area contributed by atoms with Gasteiger partial charge in [0.15, 0.2) is 13.0 Å². The molecule has 1 rings (SSSR count). The summed E-state index contributed by atoms with van der Waals surface area (Å²) in [5.41, 5.74) is 2.25. The molecule has 0 radical (unpaired) electrons. The summed E-state index contributed by atoms with van der Waals surface area (Å²) in [6, 6.07) is 0. The molecule has 0 N–H and O–H groups in total. The highest BCUT2D eigenvalue weighted by Crippen LogP contribution is 2.40. The van der Waals surface area contributed by atoms with Crippen LogP contribution in [0.5, 0.6) is 0 Å². The summed E-state index contributed by atoms with van der Waals surface area (Å²) in [6.07, 6.45) is 5.66. The second kappa shape index (κ2) is 8.65. The van der Waals surface area contributed by atoms with Gasteiger partial charge in [-0.3, -0.25) is 4.79 Å². The van der Waals surface area contributed by atoms with E-state index in [1.165, 1.54) is 6.92 Å². The predicted octanol–water partition coefficient (Wildman–Crippen LogP) is 3.79. The zero-order valence-corrected chi connectivity index (χ0v) is 13.6. The Morgan fingerprint density at radius 2 is 2.22 bits per heavy atom. The molecule has 1 aliphatic carbocycles. The first-order chi connectivity index (χ1) is 11.0. The van der Waals surface area contributed by atoms with Crippen molar-refractivity contribution >= 4 is 5.97 Å². The maximum atomic E-state index is 10.7. The molecule has 0 fully saturated rings. The van der Waals surface area contributed by atoms with Gasteiger partial charge in [-0.05, 0) is 24.8 Å². The van der Waals surface area contributed by atoms with Gasteiger partial charge >= 0.3 is 11.6 Å². The molecular weight excluding hydrogens is 288 g/mol. The minimum Gasteiger partial charge on any atom is -0.453 e. The number of esters is 1. The van der Waals surface area contributed by atoms with E-state index < -0.39 is 11.6 Å². The number of carbonyl (C=O) groups excluding carboxylic acids is 1. The van der Waals surface area contributed by atoms with Gasteiger partial charge < -0.3 is 4.74 Å². The molecule has 0 aromatic rings. The largest absolute Gasteiger partial charge is 0.517 e. The fraction of sp³-hybridized carbons (Fsp3) is 0.474. The Balaban J connectivity index is 3.04. The molecule has 1 aliphatic rings. The first-order valence-corrected chi connectivity index (χ1v) is 7.42. The molecule has 0 saturated carbocycles. The molecule has 0 heterocycles. The Morgan fingerprint density at radius 3 is 2.78 bits per heavy atom. The van der Waals surface area contributed by atoms with Gasteiger partial charge in [0, 0.05) is 12.8 Å². The standard InChI is InChI=1S/C19H20N2O2/c1-6-9-17-14-15(2)10-11-18(17)19(20-4,21-5)12-7-8-13-23-16(3)22/h9,11,15,17H,1,10,12-14H2,2-3H3/t15-,17+/m0/s1. The van der Waals surface area contributed by atoms with Gasteiger partial charge in [0.1, 0.15) is 5.57 Å². The van der Waals surface area contributed by atoms with Crippen molar-refractivity contribution in [2.24, 2.45) is 11.8 Å². The van der Waals surface area contributed by atoms with E-state index in [1.54, 1.807) is 0 Å². The third kappa shape index (κ3) is 4.89. The lowest BCUT2D eigenvalue weighted by atomic mass is 9.76. The van der Waals surface area contributed by atoms with Crippen molar-refractivity contribution in [3.8, 4) is 11.8 Å². The minimum atomic E-state index is -1.32. The molecule has 2 atom stereocenters. The van der Waals surface area contributed by atoms with E-state index in [2.05, 4.69) is 40.8 Å². The Labute approximate surface area is 138 Å². The summed E-state index contributed by atoms with van der Waals surface area (Å²) in [5.74, 6) is 5.59. The molecule has 0 bridgehead atoms. The summed E-state index contributed by atoms with van der Waals surface area (Å²) in [4.78, 5) is 17.9. The van der Waals surface area contributed by atoms with Gasteiger partial charge in [-0.25, -0.2) is 22.8 Å². The van der Waals surface area contributed by atoms with Crippen LogP contribution in [0.4, 0.5) is 0 Å². The summed E-state index contributed by atoms with van der Waals surface area (Å²) in [5, 5.41) is 0. The molecule has 0 aromatic carbocycles. The highest BCUT2D eigenvalue weighted by Gasteiger charge is 2.51. The van der Waals surface area contributed by atoms with Crippen molar-refractivity contribution in [1.82, 2.24) is 0 Å². The first-order valence-electron chi connectivity index (χ1n) is 7.42. The van der Waals surface area contributed by atoms with E-state index in [1.807, 2.05) is 12.2 Å². The molecule has 0 aliphatic heterocycles. The van der Waals surface area contributed by atoms with Crippen molar-refractivity contribution in [3.63, 3.8) is 0 Å². The van der Waals surface area contributed by atoms with Crippen LogP contribution in [-0.4, -0.2) is 18.2 Å². The van der Waals surface area contributed by atoms with Crippen LogP contribution in [0, 0.1) is 36.8 Å². The summed E-state index contributed by atoms with van der Waals surface area (Å²) in [6.45, 7) is 22.1. The van der Waals surface area contributed by atoms with Gasteiger partial charge in [0.25, 0.3) is 0 Å². The van der Waals surface area contributed by atoms with E-state index in [4.69, 9.17) is 17.9 Å². The fourth-order valence-electron chi connectivity index (χ4n) is 2.61. The summed E-state index contributed by atoms with van der Waals surface area (Å²) < 4.78 is 4.74. The van der Waals surface area contributed by atoms with Crippen LogP contribution in [0.15, 0.2) is 30.0 Å². The molecule has 23 heavy (non-hydrogen) atoms. The zero-order chi connectivity index (χ0) is 17.3. The lowest BCUT2D eigenvalue weighted by Gasteiger charge is -2.25. The average Bonchev–Trinajstić information content (AvgIpc) is 2.52. The quantitative estimate of drug-likeness (QED) is 0.260. The second-order valence-electron chi connectivity index (χ2n) is 5.56. The Bertz CT molecular complexity index is 659. The lowest BCUT2D eigenvalue weighted by Crippen LogP contribution is -2.30. The number of rotatable bonds is 4. The summed E-state index contributed by atoms with van der Waals surface area (Å²) >= 11 is 0. The number of carbonyl (C=O) groups is 1. The molecule has 0 aromatic heterocycles. The highest BCUT2D eigenvalue weighted by atomic mass is 16.5. The van der Waals surface area contributed by atoms with Crippen molar-refractivity contribution in [3.05, 3.63) is 52.9 Å². The SMILES string of the molecule is [C-]#[N+]C(CC#CCOC(C)=O)([N+]#[C-])C1=CC[C@H](C)C[C@H]1C=C=C. The Hall–Kier alpha value is -2.73. The maximum Gasteiger partial charge on any atom is 0.517 e. The highest BCUT2D eigenvalue weighted by molar-refractivity contribution is 5.66. The van der Waals surface area contributed by atoms with Crippen LogP contribution >= 0.6 is 0 Å². The molecule has 118 valence electrons. The van der Waals surface area contributed by atoms with Gasteiger partial charge in [-0.2, -0.15) is 0 Å². The Morgan fingerprint density at radius 1 is 1.52 bits per heavy atom. The van der Waals surface area contributed by atoms with Gasteiger partial charge in [0.05, 0.1) is 0 Å². The Kier molecular flexibility index (Phi) is 6.89. The van der Waals surface area contributed by atoms with E-state index in [0.29, 0.717) is 5.92 Å². The van der Waals surface area contributed by atoms with E-state index in [9.17, 15) is 4.79 Å². The minimum absolute atomic E-state index is 0.00489. The van der Waals surface area contributed by atoms with Gasteiger partial charge in [-0.1, -0.05) is 31.4 Å². The molecule has 0 amide bonds. The van der Waals surface area contributed by atoms with Crippen LogP contribution in [0.3, 0.4) is 0 Å². The molecule has 4 heteroatoms. The molecule has 0 unspecified atom stereocenters. The predicted molar refractivity (Wildman–Crippen MR) is 88.6 cm³/mol. The van der Waals surface area contributed by atoms with Crippen molar-refractivity contribution in [2.45, 2.75) is 38.8 Å². The first kappa shape index (κ1) is 18.3. The monoisotopic (exact) mass is 308 g/mol. The number of allylic oxidation sites excluding steroid dienone is 2. The maximum absolute atomic E-state index is 10.7. The third-order valence-electron chi connectivity index (χ3n) is 3.75. The van der Waals surface area contributed by atoms with Crippen LogP contribution in [0.1, 0.15) is 33.1 Å². The van der Waals surface area contributed by atoms with E-state index in [-0.39, 0.29) is 18.9 Å².